The van der Waals surface area contributed by atoms with E-state index in [0.29, 0.717) is 11.4 Å². The summed E-state index contributed by atoms with van der Waals surface area (Å²) in [6.07, 6.45) is 1.62. The number of amides is 1. The molecule has 23 heavy (non-hydrogen) atoms. The van der Waals surface area contributed by atoms with Gasteiger partial charge in [0.25, 0.3) is 5.91 Å². The molecule has 1 N–H and O–H groups in total. The molecule has 1 heterocycles. The number of hydrogen-bond donors (Lipinski definition) is 1. The van der Waals surface area contributed by atoms with E-state index in [1.54, 1.807) is 37.4 Å². The molecular weight excluding hydrogens is 300 g/mol. The van der Waals surface area contributed by atoms with E-state index in [-0.39, 0.29) is 18.0 Å². The minimum atomic E-state index is -0.573. The van der Waals surface area contributed by atoms with Crippen molar-refractivity contribution in [2.75, 3.05) is 6.61 Å². The molecule has 0 bridgehead atoms. The molecule has 0 radical (unpaired) electrons. The molecule has 0 aliphatic carbocycles. The van der Waals surface area contributed by atoms with E-state index >= 15 is 0 Å². The fourth-order valence-electron chi connectivity index (χ4n) is 1.69. The first kappa shape index (κ1) is 16.1. The lowest BCUT2D eigenvalue weighted by molar-refractivity contribution is -0.385. The Kier molecular flexibility index (Phi) is 5.35. The molecule has 0 unspecified atom stereocenters. The number of pyridine rings is 1. The van der Waals surface area contributed by atoms with E-state index in [1.165, 1.54) is 18.2 Å². The Morgan fingerprint density at radius 1 is 1.30 bits per heavy atom. The van der Waals surface area contributed by atoms with Crippen molar-refractivity contribution in [3.05, 3.63) is 64.5 Å². The number of hydrazone groups is 1. The minimum absolute atomic E-state index is 0.0260. The number of aromatic nitrogens is 1. The third-order valence-corrected chi connectivity index (χ3v) is 2.80. The molecule has 1 aromatic heterocycles. The van der Waals surface area contributed by atoms with Crippen molar-refractivity contribution in [1.29, 1.82) is 0 Å². The topological polar surface area (TPSA) is 107 Å². The third-order valence-electron chi connectivity index (χ3n) is 2.80. The Bertz CT molecular complexity index is 731. The van der Waals surface area contributed by atoms with E-state index < -0.39 is 10.8 Å². The zero-order valence-corrected chi connectivity index (χ0v) is 12.3. The molecule has 8 nitrogen and oxygen atoms in total. The maximum atomic E-state index is 11.7. The molecular formula is C15H14N4O4. The Morgan fingerprint density at radius 2 is 2.04 bits per heavy atom. The second-order valence-corrected chi connectivity index (χ2v) is 4.46. The van der Waals surface area contributed by atoms with Gasteiger partial charge in [-0.25, -0.2) is 5.43 Å². The highest BCUT2D eigenvalue weighted by Gasteiger charge is 2.14. The number of nitro benzene ring substituents is 1. The van der Waals surface area contributed by atoms with E-state index in [9.17, 15) is 14.9 Å². The summed E-state index contributed by atoms with van der Waals surface area (Å²) in [7, 11) is 0. The van der Waals surface area contributed by atoms with Crippen molar-refractivity contribution >= 4 is 17.3 Å². The molecule has 0 saturated heterocycles. The lowest BCUT2D eigenvalue weighted by Gasteiger charge is -2.06. The second-order valence-electron chi connectivity index (χ2n) is 4.46. The van der Waals surface area contributed by atoms with Crippen molar-refractivity contribution in [3.8, 4) is 5.75 Å². The van der Waals surface area contributed by atoms with Gasteiger partial charge in [0.05, 0.1) is 16.3 Å². The van der Waals surface area contributed by atoms with Crippen molar-refractivity contribution in [3.63, 3.8) is 0 Å². The van der Waals surface area contributed by atoms with Crippen LogP contribution >= 0.6 is 0 Å². The fraction of sp³-hybridized carbons (Fsp3) is 0.133. The molecule has 0 fully saturated rings. The SMILES string of the molecule is C/C(=N/NC(=O)COc1ccccc1[N+](=O)[O-])c1ccccn1. The molecule has 2 rings (SSSR count). The smallest absolute Gasteiger partial charge is 0.310 e. The number of nitrogens with zero attached hydrogens (tertiary/aromatic N) is 3. The summed E-state index contributed by atoms with van der Waals surface area (Å²) in [5, 5.41) is 14.7. The van der Waals surface area contributed by atoms with Crippen molar-refractivity contribution < 1.29 is 14.5 Å². The summed E-state index contributed by atoms with van der Waals surface area (Å²) in [5.41, 5.74) is 3.28. The van der Waals surface area contributed by atoms with Crippen molar-refractivity contribution in [2.24, 2.45) is 5.10 Å². The van der Waals surface area contributed by atoms with Gasteiger partial charge in [0, 0.05) is 12.3 Å². The van der Waals surface area contributed by atoms with Crippen LogP contribution in [0.5, 0.6) is 5.75 Å². The molecule has 0 spiro atoms. The van der Waals surface area contributed by atoms with Crippen LogP contribution in [-0.2, 0) is 4.79 Å². The highest BCUT2D eigenvalue weighted by molar-refractivity contribution is 5.97. The first-order valence-electron chi connectivity index (χ1n) is 6.68. The van der Waals surface area contributed by atoms with E-state index in [2.05, 4.69) is 15.5 Å². The second kappa shape index (κ2) is 7.64. The molecule has 1 amide bonds. The van der Waals surface area contributed by atoms with Gasteiger partial charge in [-0.15, -0.1) is 0 Å². The van der Waals surface area contributed by atoms with Crippen LogP contribution in [0.4, 0.5) is 5.69 Å². The van der Waals surface area contributed by atoms with Crippen LogP contribution in [-0.4, -0.2) is 28.1 Å². The number of benzene rings is 1. The molecule has 8 heteroatoms. The van der Waals surface area contributed by atoms with Gasteiger partial charge in [0.1, 0.15) is 0 Å². The summed E-state index contributed by atoms with van der Waals surface area (Å²) in [6, 6.07) is 11.2. The first-order valence-corrected chi connectivity index (χ1v) is 6.68. The number of carbonyl (C=O) groups excluding carboxylic acids is 1. The maximum absolute atomic E-state index is 11.7. The van der Waals surface area contributed by atoms with E-state index in [4.69, 9.17) is 4.74 Å². The minimum Gasteiger partial charge on any atom is -0.477 e. The molecule has 0 saturated carbocycles. The predicted molar refractivity (Wildman–Crippen MR) is 83.2 cm³/mol. The summed E-state index contributed by atoms with van der Waals surface area (Å²) >= 11 is 0. The van der Waals surface area contributed by atoms with Crippen LogP contribution in [0.15, 0.2) is 53.8 Å². The van der Waals surface area contributed by atoms with Gasteiger partial charge in [0.2, 0.25) is 0 Å². The average molecular weight is 314 g/mol. The van der Waals surface area contributed by atoms with Gasteiger partial charge >= 0.3 is 5.69 Å². The maximum Gasteiger partial charge on any atom is 0.310 e. The molecule has 118 valence electrons. The number of rotatable bonds is 6. The van der Waals surface area contributed by atoms with Gasteiger partial charge in [-0.1, -0.05) is 18.2 Å². The van der Waals surface area contributed by atoms with E-state index in [1.807, 2.05) is 0 Å². The lowest BCUT2D eigenvalue weighted by Crippen LogP contribution is -2.25. The summed E-state index contributed by atoms with van der Waals surface area (Å²) in [6.45, 7) is 1.31. The summed E-state index contributed by atoms with van der Waals surface area (Å²) in [4.78, 5) is 26.1. The number of hydrogen-bond acceptors (Lipinski definition) is 6. The quantitative estimate of drug-likeness (QED) is 0.498. The number of nitro groups is 1. The zero-order valence-electron chi connectivity index (χ0n) is 12.3. The van der Waals surface area contributed by atoms with Gasteiger partial charge in [-0.2, -0.15) is 5.10 Å². The summed E-state index contributed by atoms with van der Waals surface area (Å²) < 4.78 is 5.16. The first-order chi connectivity index (χ1) is 11.1. The number of ether oxygens (including phenoxy) is 1. The Labute approximate surface area is 132 Å². The Balaban J connectivity index is 1.92. The van der Waals surface area contributed by atoms with Crippen LogP contribution in [0.25, 0.3) is 0 Å². The number of para-hydroxylation sites is 2. The van der Waals surface area contributed by atoms with Crippen molar-refractivity contribution in [2.45, 2.75) is 6.92 Å². The van der Waals surface area contributed by atoms with Crippen LogP contribution < -0.4 is 10.2 Å². The van der Waals surface area contributed by atoms with Gasteiger partial charge in [-0.3, -0.25) is 19.9 Å². The highest BCUT2D eigenvalue weighted by Crippen LogP contribution is 2.25. The van der Waals surface area contributed by atoms with Crippen LogP contribution in [0.2, 0.25) is 0 Å². The Hall–Kier alpha value is -3.29. The molecule has 0 atom stereocenters. The van der Waals surface area contributed by atoms with Crippen LogP contribution in [0, 0.1) is 10.1 Å². The van der Waals surface area contributed by atoms with Crippen LogP contribution in [0.3, 0.4) is 0 Å². The van der Waals surface area contributed by atoms with Crippen LogP contribution in [0.1, 0.15) is 12.6 Å². The molecule has 2 aromatic rings. The number of carbonyl (C=O) groups is 1. The lowest BCUT2D eigenvalue weighted by atomic mass is 10.3. The summed E-state index contributed by atoms with van der Waals surface area (Å²) in [5.74, 6) is -0.503. The predicted octanol–water partition coefficient (Wildman–Crippen LogP) is 1.91. The molecule has 0 aliphatic rings. The monoisotopic (exact) mass is 314 g/mol. The van der Waals surface area contributed by atoms with Crippen molar-refractivity contribution in [1.82, 2.24) is 10.4 Å². The third kappa shape index (κ3) is 4.60. The molecule has 0 aliphatic heterocycles. The van der Waals surface area contributed by atoms with E-state index in [0.717, 1.165) is 0 Å². The number of nitrogens with one attached hydrogen (secondary N) is 1. The fourth-order valence-corrected chi connectivity index (χ4v) is 1.69. The standard InChI is InChI=1S/C15H14N4O4/c1-11(12-6-4-5-9-16-12)17-18-15(20)10-23-14-8-3-2-7-13(14)19(21)22/h2-9H,10H2,1H3,(H,18,20)/b17-11-. The van der Waals surface area contributed by atoms with Gasteiger partial charge < -0.3 is 4.74 Å². The van der Waals surface area contributed by atoms with Gasteiger partial charge in [0.15, 0.2) is 12.4 Å². The molecule has 1 aromatic carbocycles. The Morgan fingerprint density at radius 3 is 2.74 bits per heavy atom. The normalized spacial score (nSPS) is 10.9. The average Bonchev–Trinajstić information content (AvgIpc) is 2.58. The largest absolute Gasteiger partial charge is 0.477 e. The zero-order chi connectivity index (χ0) is 16.7. The van der Waals surface area contributed by atoms with Gasteiger partial charge in [-0.05, 0) is 25.1 Å². The highest BCUT2D eigenvalue weighted by atomic mass is 16.6.